The Bertz CT molecular complexity index is 683. The van der Waals surface area contributed by atoms with Crippen molar-refractivity contribution in [2.45, 2.75) is 6.54 Å². The minimum absolute atomic E-state index is 0.157. The molecule has 1 aromatic heterocycles. The maximum Gasteiger partial charge on any atom is 0.255 e. The molecule has 1 amide bonds. The van der Waals surface area contributed by atoms with E-state index >= 15 is 0 Å². The molecule has 2 rings (SSSR count). The normalized spacial score (nSPS) is 9.62. The summed E-state index contributed by atoms with van der Waals surface area (Å²) in [7, 11) is 1.55. The van der Waals surface area contributed by atoms with Crippen LogP contribution in [0.5, 0.6) is 5.75 Å². The minimum Gasteiger partial charge on any atom is -0.496 e. The molecular formula is C16H16N2O2S. The maximum absolute atomic E-state index is 12.1. The summed E-state index contributed by atoms with van der Waals surface area (Å²) in [6.07, 6.45) is 0. The molecule has 0 aliphatic rings. The number of hydrogen-bond donors (Lipinski definition) is 2. The molecule has 0 fully saturated rings. The zero-order valence-corrected chi connectivity index (χ0v) is 12.5. The van der Waals surface area contributed by atoms with Crippen LogP contribution < -0.4 is 15.8 Å². The lowest BCUT2D eigenvalue weighted by atomic mass is 10.2. The van der Waals surface area contributed by atoms with Crippen LogP contribution in [0.4, 0.5) is 0 Å². The fraction of sp³-hybridized carbons (Fsp3) is 0.188. The van der Waals surface area contributed by atoms with Crippen LogP contribution >= 0.6 is 11.3 Å². The molecule has 0 atom stereocenters. The van der Waals surface area contributed by atoms with Crippen molar-refractivity contribution >= 4 is 17.2 Å². The molecule has 21 heavy (non-hydrogen) atoms. The zero-order valence-electron chi connectivity index (χ0n) is 11.7. The van der Waals surface area contributed by atoms with Gasteiger partial charge in [0, 0.05) is 15.8 Å². The third-order valence-corrected chi connectivity index (χ3v) is 3.70. The van der Waals surface area contributed by atoms with Crippen LogP contribution in [0, 0.1) is 11.8 Å². The van der Waals surface area contributed by atoms with Crippen LogP contribution in [-0.4, -0.2) is 19.6 Å². The molecule has 5 heteroatoms. The Kier molecular flexibility index (Phi) is 5.38. The van der Waals surface area contributed by atoms with E-state index in [9.17, 15) is 4.79 Å². The molecule has 0 aliphatic carbocycles. The van der Waals surface area contributed by atoms with Gasteiger partial charge in [0.15, 0.2) is 0 Å². The Morgan fingerprint density at radius 2 is 2.24 bits per heavy atom. The summed E-state index contributed by atoms with van der Waals surface area (Å²) in [5.74, 6) is 6.18. The predicted molar refractivity (Wildman–Crippen MR) is 84.4 cm³/mol. The Labute approximate surface area is 127 Å². The summed E-state index contributed by atoms with van der Waals surface area (Å²) in [6, 6.07) is 9.09. The van der Waals surface area contributed by atoms with Crippen molar-refractivity contribution in [1.29, 1.82) is 0 Å². The van der Waals surface area contributed by atoms with Crippen molar-refractivity contribution < 1.29 is 9.53 Å². The monoisotopic (exact) mass is 300 g/mol. The molecule has 0 saturated carbocycles. The van der Waals surface area contributed by atoms with Gasteiger partial charge in [-0.25, -0.2) is 0 Å². The smallest absolute Gasteiger partial charge is 0.255 e. The molecule has 0 bridgehead atoms. The molecule has 1 heterocycles. The number of carbonyl (C=O) groups is 1. The molecular weight excluding hydrogens is 284 g/mol. The van der Waals surface area contributed by atoms with Crippen molar-refractivity contribution in [1.82, 2.24) is 5.32 Å². The van der Waals surface area contributed by atoms with Crippen LogP contribution in [-0.2, 0) is 6.54 Å². The van der Waals surface area contributed by atoms with Crippen molar-refractivity contribution in [2.24, 2.45) is 5.73 Å². The van der Waals surface area contributed by atoms with Gasteiger partial charge in [-0.3, -0.25) is 4.79 Å². The van der Waals surface area contributed by atoms with Crippen LogP contribution in [0.1, 0.15) is 20.8 Å². The first kappa shape index (κ1) is 15.1. The second-order valence-electron chi connectivity index (χ2n) is 4.19. The Morgan fingerprint density at radius 3 is 3.00 bits per heavy atom. The number of para-hydroxylation sites is 1. The molecule has 3 N–H and O–H groups in total. The van der Waals surface area contributed by atoms with Gasteiger partial charge in [0.05, 0.1) is 25.8 Å². The molecule has 0 saturated heterocycles. The standard InChI is InChI=1S/C16H16N2O2S/c1-20-15-7-3-2-6-14(15)16(19)18-10-13-9-12(11-21-13)5-4-8-17/h2-3,6-7,9,11H,8,10,17H2,1H3,(H,18,19). The van der Waals surface area contributed by atoms with Crippen molar-refractivity contribution in [2.75, 3.05) is 13.7 Å². The van der Waals surface area contributed by atoms with Crippen LogP contribution in [0.2, 0.25) is 0 Å². The highest BCUT2D eigenvalue weighted by Gasteiger charge is 2.11. The SMILES string of the molecule is COc1ccccc1C(=O)NCc1cc(C#CCN)cs1. The van der Waals surface area contributed by atoms with E-state index in [4.69, 9.17) is 10.5 Å². The highest BCUT2D eigenvalue weighted by molar-refractivity contribution is 7.10. The number of nitrogens with two attached hydrogens (primary N) is 1. The average Bonchev–Trinajstić information content (AvgIpc) is 2.98. The first-order chi connectivity index (χ1) is 10.2. The molecule has 1 aromatic carbocycles. The lowest BCUT2D eigenvalue weighted by molar-refractivity contribution is 0.0948. The number of amides is 1. The van der Waals surface area contributed by atoms with Crippen LogP contribution in [0.3, 0.4) is 0 Å². The zero-order chi connectivity index (χ0) is 15.1. The average molecular weight is 300 g/mol. The largest absolute Gasteiger partial charge is 0.496 e. The molecule has 0 aliphatic heterocycles. The number of methoxy groups -OCH3 is 1. The van der Waals surface area contributed by atoms with Gasteiger partial charge in [0.25, 0.3) is 5.91 Å². The van der Waals surface area contributed by atoms with Gasteiger partial charge >= 0.3 is 0 Å². The van der Waals surface area contributed by atoms with Crippen LogP contribution in [0.25, 0.3) is 0 Å². The number of thiophene rings is 1. The van der Waals surface area contributed by atoms with E-state index in [1.807, 2.05) is 23.6 Å². The highest BCUT2D eigenvalue weighted by atomic mass is 32.1. The molecule has 108 valence electrons. The molecule has 0 spiro atoms. The Balaban J connectivity index is 1.99. The lowest BCUT2D eigenvalue weighted by Gasteiger charge is -2.08. The van der Waals surface area contributed by atoms with Crippen LogP contribution in [0.15, 0.2) is 35.7 Å². The van der Waals surface area contributed by atoms with Gasteiger partial charge in [-0.05, 0) is 18.2 Å². The summed E-state index contributed by atoms with van der Waals surface area (Å²) in [4.78, 5) is 13.2. The summed E-state index contributed by atoms with van der Waals surface area (Å²) < 4.78 is 5.18. The van der Waals surface area contributed by atoms with Gasteiger partial charge in [-0.1, -0.05) is 24.0 Å². The number of hydrogen-bond acceptors (Lipinski definition) is 4. The first-order valence-corrected chi connectivity index (χ1v) is 7.30. The summed E-state index contributed by atoms with van der Waals surface area (Å²) in [6.45, 7) is 0.807. The number of benzene rings is 1. The van der Waals surface area contributed by atoms with Gasteiger partial charge in [0.2, 0.25) is 0 Å². The molecule has 4 nitrogen and oxygen atoms in total. The fourth-order valence-electron chi connectivity index (χ4n) is 1.79. The Morgan fingerprint density at radius 1 is 1.43 bits per heavy atom. The van der Waals surface area contributed by atoms with E-state index in [-0.39, 0.29) is 5.91 Å². The minimum atomic E-state index is -0.157. The highest BCUT2D eigenvalue weighted by Crippen LogP contribution is 2.18. The summed E-state index contributed by atoms with van der Waals surface area (Å²) in [5.41, 5.74) is 6.78. The van der Waals surface area contributed by atoms with E-state index in [0.29, 0.717) is 24.4 Å². The number of ether oxygens (including phenoxy) is 1. The first-order valence-electron chi connectivity index (χ1n) is 6.42. The van der Waals surface area contributed by atoms with E-state index in [1.54, 1.807) is 30.6 Å². The van der Waals surface area contributed by atoms with Gasteiger partial charge in [-0.15, -0.1) is 11.3 Å². The molecule has 2 aromatic rings. The van der Waals surface area contributed by atoms with E-state index < -0.39 is 0 Å². The number of rotatable bonds is 4. The topological polar surface area (TPSA) is 64.3 Å². The molecule has 0 radical (unpaired) electrons. The van der Waals surface area contributed by atoms with Crippen molar-refractivity contribution in [3.05, 3.63) is 51.7 Å². The third-order valence-electron chi connectivity index (χ3n) is 2.76. The van der Waals surface area contributed by atoms with E-state index in [0.717, 1.165) is 10.4 Å². The number of carbonyl (C=O) groups excluding carboxylic acids is 1. The number of nitrogens with one attached hydrogen (secondary N) is 1. The van der Waals surface area contributed by atoms with Crippen molar-refractivity contribution in [3.8, 4) is 17.6 Å². The Hall–Kier alpha value is -2.29. The summed E-state index contributed by atoms with van der Waals surface area (Å²) >= 11 is 1.56. The second-order valence-corrected chi connectivity index (χ2v) is 5.19. The molecule has 0 unspecified atom stereocenters. The third kappa shape index (κ3) is 4.09. The summed E-state index contributed by atoms with van der Waals surface area (Å²) in [5, 5.41) is 4.83. The fourth-order valence-corrected chi connectivity index (χ4v) is 2.54. The van der Waals surface area contributed by atoms with Gasteiger partial charge in [0.1, 0.15) is 5.75 Å². The van der Waals surface area contributed by atoms with Gasteiger partial charge < -0.3 is 15.8 Å². The second kappa shape index (κ2) is 7.48. The van der Waals surface area contributed by atoms with E-state index in [1.165, 1.54) is 0 Å². The maximum atomic E-state index is 12.1. The predicted octanol–water partition coefficient (Wildman–Crippen LogP) is 2.00. The van der Waals surface area contributed by atoms with E-state index in [2.05, 4.69) is 17.2 Å². The van der Waals surface area contributed by atoms with Crippen molar-refractivity contribution in [3.63, 3.8) is 0 Å². The van der Waals surface area contributed by atoms with Gasteiger partial charge in [-0.2, -0.15) is 0 Å². The lowest BCUT2D eigenvalue weighted by Crippen LogP contribution is -2.22. The quantitative estimate of drug-likeness (QED) is 0.849.